The Kier molecular flexibility index (Phi) is 6.97. The van der Waals surface area contributed by atoms with Crippen molar-refractivity contribution in [2.75, 3.05) is 25.5 Å². The van der Waals surface area contributed by atoms with Gasteiger partial charge in [0.2, 0.25) is 0 Å². The number of nitrogens with one attached hydrogen (secondary N) is 2. The van der Waals surface area contributed by atoms with Gasteiger partial charge in [-0.1, -0.05) is 19.4 Å². The first-order chi connectivity index (χ1) is 9.62. The molecular weight excluding hydrogens is 258 g/mol. The van der Waals surface area contributed by atoms with E-state index >= 15 is 0 Å². The number of nitro groups is 1. The average Bonchev–Trinajstić information content (AvgIpc) is 2.46. The van der Waals surface area contributed by atoms with E-state index in [2.05, 4.69) is 17.6 Å². The zero-order valence-corrected chi connectivity index (χ0v) is 12.1. The maximum atomic E-state index is 11.0. The van der Waals surface area contributed by atoms with Crippen LogP contribution >= 0.6 is 0 Å². The first-order valence-electron chi connectivity index (χ1n) is 6.89. The Bertz CT molecular complexity index is 438. The normalized spacial score (nSPS) is 12.2. The highest BCUT2D eigenvalue weighted by Gasteiger charge is 2.13. The summed E-state index contributed by atoms with van der Waals surface area (Å²) in [4.78, 5) is 10.6. The molecule has 6 heteroatoms. The van der Waals surface area contributed by atoms with Crippen LogP contribution < -0.4 is 10.6 Å². The minimum Gasteiger partial charge on any atom is -0.396 e. The quantitative estimate of drug-likeness (QED) is 0.477. The Balaban J connectivity index is 2.60. The van der Waals surface area contributed by atoms with E-state index in [1.807, 2.05) is 6.07 Å². The molecule has 0 saturated carbocycles. The van der Waals surface area contributed by atoms with Gasteiger partial charge >= 0.3 is 0 Å². The molecule has 0 aliphatic carbocycles. The largest absolute Gasteiger partial charge is 0.396 e. The van der Waals surface area contributed by atoms with Gasteiger partial charge in [0.25, 0.3) is 5.69 Å². The highest BCUT2D eigenvalue weighted by atomic mass is 16.6. The molecule has 1 aromatic carbocycles. The molecule has 0 heterocycles. The van der Waals surface area contributed by atoms with E-state index < -0.39 is 0 Å². The first-order valence-corrected chi connectivity index (χ1v) is 6.89. The summed E-state index contributed by atoms with van der Waals surface area (Å²) in [5, 5.41) is 26.0. The van der Waals surface area contributed by atoms with E-state index in [1.165, 1.54) is 0 Å². The van der Waals surface area contributed by atoms with Gasteiger partial charge in [0.05, 0.1) is 4.92 Å². The Labute approximate surface area is 119 Å². The monoisotopic (exact) mass is 281 g/mol. The minimum atomic E-state index is -0.379. The fraction of sp³-hybridized carbons (Fsp3) is 0.571. The van der Waals surface area contributed by atoms with E-state index in [0.29, 0.717) is 18.2 Å². The summed E-state index contributed by atoms with van der Waals surface area (Å²) in [6.45, 7) is 3.68. The molecule has 0 saturated heterocycles. The number of aliphatic hydroxyl groups excluding tert-OH is 1. The Morgan fingerprint density at radius 1 is 1.45 bits per heavy atom. The average molecular weight is 281 g/mol. The van der Waals surface area contributed by atoms with Gasteiger partial charge in [-0.15, -0.1) is 0 Å². The molecule has 6 nitrogen and oxygen atoms in total. The number of nitrogens with zero attached hydrogens (tertiary/aromatic N) is 1. The number of hydrogen-bond acceptors (Lipinski definition) is 5. The van der Waals surface area contributed by atoms with Gasteiger partial charge < -0.3 is 15.7 Å². The van der Waals surface area contributed by atoms with E-state index in [1.54, 1.807) is 19.2 Å². The molecule has 0 bridgehead atoms. The van der Waals surface area contributed by atoms with Crippen LogP contribution in [-0.4, -0.2) is 30.2 Å². The van der Waals surface area contributed by atoms with Crippen molar-refractivity contribution in [1.29, 1.82) is 0 Å². The topological polar surface area (TPSA) is 87.4 Å². The highest BCUT2D eigenvalue weighted by molar-refractivity contribution is 5.62. The molecule has 20 heavy (non-hydrogen) atoms. The molecule has 0 amide bonds. The SMILES string of the molecule is CCC(CCO)CNCc1ccc(NC)c([N+](=O)[O-])c1. The molecule has 112 valence electrons. The summed E-state index contributed by atoms with van der Waals surface area (Å²) >= 11 is 0. The van der Waals surface area contributed by atoms with Gasteiger partial charge in [0.15, 0.2) is 0 Å². The third kappa shape index (κ3) is 4.79. The van der Waals surface area contributed by atoms with Crippen LogP contribution in [-0.2, 0) is 6.54 Å². The molecule has 3 N–H and O–H groups in total. The lowest BCUT2D eigenvalue weighted by Crippen LogP contribution is -2.23. The molecule has 0 aliphatic heterocycles. The van der Waals surface area contributed by atoms with Crippen molar-refractivity contribution in [3.8, 4) is 0 Å². The maximum Gasteiger partial charge on any atom is 0.292 e. The van der Waals surface area contributed by atoms with E-state index in [0.717, 1.165) is 24.9 Å². The predicted octanol–water partition coefficient (Wildman–Crippen LogP) is 2.13. The van der Waals surface area contributed by atoms with Gasteiger partial charge in [-0.2, -0.15) is 0 Å². The smallest absolute Gasteiger partial charge is 0.292 e. The summed E-state index contributed by atoms with van der Waals surface area (Å²) in [5.74, 6) is 0.437. The molecule has 1 atom stereocenters. The minimum absolute atomic E-state index is 0.0919. The van der Waals surface area contributed by atoms with Crippen LogP contribution in [0.1, 0.15) is 25.3 Å². The highest BCUT2D eigenvalue weighted by Crippen LogP contribution is 2.24. The predicted molar refractivity (Wildman–Crippen MR) is 79.8 cm³/mol. The lowest BCUT2D eigenvalue weighted by atomic mass is 10.0. The van der Waals surface area contributed by atoms with Crippen molar-refractivity contribution in [2.24, 2.45) is 5.92 Å². The molecule has 1 unspecified atom stereocenters. The number of anilines is 1. The zero-order chi connectivity index (χ0) is 15.0. The summed E-state index contributed by atoms with van der Waals surface area (Å²) in [5.41, 5.74) is 1.49. The third-order valence-electron chi connectivity index (χ3n) is 3.41. The molecule has 0 spiro atoms. The van der Waals surface area contributed by atoms with Crippen molar-refractivity contribution < 1.29 is 10.0 Å². The van der Waals surface area contributed by atoms with E-state index in [9.17, 15) is 10.1 Å². The molecular formula is C14H23N3O3. The Morgan fingerprint density at radius 3 is 2.75 bits per heavy atom. The summed E-state index contributed by atoms with van der Waals surface area (Å²) in [6, 6.07) is 5.19. The van der Waals surface area contributed by atoms with Gasteiger partial charge in [-0.3, -0.25) is 10.1 Å². The van der Waals surface area contributed by atoms with Crippen LogP contribution in [0.3, 0.4) is 0 Å². The third-order valence-corrected chi connectivity index (χ3v) is 3.41. The fourth-order valence-corrected chi connectivity index (χ4v) is 2.10. The first kappa shape index (κ1) is 16.4. The van der Waals surface area contributed by atoms with Crippen LogP contribution in [0.25, 0.3) is 0 Å². The number of benzene rings is 1. The molecule has 0 radical (unpaired) electrons. The molecule has 0 aliphatic rings. The second-order valence-electron chi connectivity index (χ2n) is 4.78. The second-order valence-corrected chi connectivity index (χ2v) is 4.78. The summed E-state index contributed by atoms with van der Waals surface area (Å²) < 4.78 is 0. The van der Waals surface area contributed by atoms with E-state index in [4.69, 9.17) is 5.11 Å². The van der Waals surface area contributed by atoms with E-state index in [-0.39, 0.29) is 17.2 Å². The number of aliphatic hydroxyl groups is 1. The van der Waals surface area contributed by atoms with Crippen molar-refractivity contribution >= 4 is 11.4 Å². The Hall–Kier alpha value is -1.66. The van der Waals surface area contributed by atoms with Crippen molar-refractivity contribution in [3.63, 3.8) is 0 Å². The van der Waals surface area contributed by atoms with Gasteiger partial charge in [0.1, 0.15) is 5.69 Å². The zero-order valence-electron chi connectivity index (χ0n) is 12.1. The van der Waals surface area contributed by atoms with Gasteiger partial charge in [-0.05, 0) is 30.5 Å². The van der Waals surface area contributed by atoms with Crippen molar-refractivity contribution in [2.45, 2.75) is 26.3 Å². The van der Waals surface area contributed by atoms with Crippen molar-refractivity contribution in [3.05, 3.63) is 33.9 Å². The second kappa shape index (κ2) is 8.50. The molecule has 1 rings (SSSR count). The van der Waals surface area contributed by atoms with Crippen LogP contribution in [0.15, 0.2) is 18.2 Å². The number of rotatable bonds is 9. The lowest BCUT2D eigenvalue weighted by Gasteiger charge is -2.14. The molecule has 0 fully saturated rings. The van der Waals surface area contributed by atoms with Crippen LogP contribution in [0.2, 0.25) is 0 Å². The molecule has 0 aromatic heterocycles. The van der Waals surface area contributed by atoms with Crippen molar-refractivity contribution in [1.82, 2.24) is 5.32 Å². The number of nitro benzene ring substituents is 1. The van der Waals surface area contributed by atoms with Gasteiger partial charge in [-0.25, -0.2) is 0 Å². The number of hydrogen-bond donors (Lipinski definition) is 3. The Morgan fingerprint density at radius 2 is 2.20 bits per heavy atom. The summed E-state index contributed by atoms with van der Waals surface area (Å²) in [6.07, 6.45) is 1.79. The maximum absolute atomic E-state index is 11.0. The standard InChI is InChI=1S/C14H23N3O3/c1-3-11(6-7-18)9-16-10-12-4-5-13(15-2)14(8-12)17(19)20/h4-5,8,11,15-16,18H,3,6-7,9-10H2,1-2H3. The lowest BCUT2D eigenvalue weighted by molar-refractivity contribution is -0.384. The molecule has 1 aromatic rings. The fourth-order valence-electron chi connectivity index (χ4n) is 2.10. The van der Waals surface area contributed by atoms with Crippen LogP contribution in [0, 0.1) is 16.0 Å². The van der Waals surface area contributed by atoms with Crippen LogP contribution in [0.5, 0.6) is 0 Å². The van der Waals surface area contributed by atoms with Crippen LogP contribution in [0.4, 0.5) is 11.4 Å². The van der Waals surface area contributed by atoms with Gasteiger partial charge in [0, 0.05) is 26.3 Å². The summed E-state index contributed by atoms with van der Waals surface area (Å²) in [7, 11) is 1.67.